The van der Waals surface area contributed by atoms with Crippen LogP contribution < -0.4 is 15.6 Å². The Morgan fingerprint density at radius 2 is 1.77 bits per heavy atom. The fourth-order valence-corrected chi connectivity index (χ4v) is 3.06. The molecule has 0 aliphatic carbocycles. The summed E-state index contributed by atoms with van der Waals surface area (Å²) in [6.07, 6.45) is 1.07. The minimum absolute atomic E-state index is 0.743. The highest BCUT2D eigenvalue weighted by Crippen LogP contribution is 2.14. The highest BCUT2D eigenvalue weighted by molar-refractivity contribution is 5.41. The molecule has 2 aromatic carbocycles. The molecule has 140 valence electrons. The minimum atomic E-state index is 0.743. The number of hydrogen-bond acceptors (Lipinski definition) is 5. The molecule has 1 fully saturated rings. The molecule has 0 radical (unpaired) electrons. The number of para-hydroxylation sites is 1. The summed E-state index contributed by atoms with van der Waals surface area (Å²) in [5.74, 6) is 0.947. The Balaban J connectivity index is 1.34. The summed E-state index contributed by atoms with van der Waals surface area (Å²) in [6.45, 7) is 7.33. The average molecular weight is 354 g/mol. The maximum absolute atomic E-state index is 5.94. The number of benzene rings is 2. The van der Waals surface area contributed by atoms with Crippen molar-refractivity contribution in [3.05, 3.63) is 60.2 Å². The van der Waals surface area contributed by atoms with Gasteiger partial charge >= 0.3 is 0 Å². The first-order valence-corrected chi connectivity index (χ1v) is 9.46. The van der Waals surface area contributed by atoms with Gasteiger partial charge in [-0.15, -0.1) is 0 Å². The molecule has 1 aliphatic rings. The Labute approximate surface area is 156 Å². The zero-order valence-corrected chi connectivity index (χ0v) is 15.7. The second-order valence-electron chi connectivity index (χ2n) is 6.84. The Kier molecular flexibility index (Phi) is 7.31. The van der Waals surface area contributed by atoms with E-state index in [-0.39, 0.29) is 0 Å². The maximum Gasteiger partial charge on any atom is 0.119 e. The molecule has 0 bridgehead atoms. The Hall–Kier alpha value is -2.08. The first kappa shape index (κ1) is 18.7. The minimum Gasteiger partial charge on any atom is -0.494 e. The van der Waals surface area contributed by atoms with Crippen LogP contribution in [-0.4, -0.2) is 56.2 Å². The van der Waals surface area contributed by atoms with Crippen molar-refractivity contribution >= 4 is 5.69 Å². The van der Waals surface area contributed by atoms with E-state index in [0.717, 1.165) is 37.6 Å². The van der Waals surface area contributed by atoms with Gasteiger partial charge in [0, 0.05) is 45.0 Å². The number of piperazine rings is 1. The second kappa shape index (κ2) is 10.2. The molecule has 0 saturated carbocycles. The number of nitrogens with zero attached hydrogens (tertiary/aromatic N) is 2. The van der Waals surface area contributed by atoms with Crippen molar-refractivity contribution in [2.24, 2.45) is 0 Å². The summed E-state index contributed by atoms with van der Waals surface area (Å²) in [4.78, 5) is 4.91. The molecule has 0 atom stereocenters. The van der Waals surface area contributed by atoms with E-state index in [0.29, 0.717) is 0 Å². The summed E-state index contributed by atoms with van der Waals surface area (Å²) < 4.78 is 5.94. The summed E-state index contributed by atoms with van der Waals surface area (Å²) in [5.41, 5.74) is 8.71. The number of ether oxygens (including phenoxy) is 1. The molecule has 3 rings (SSSR count). The molecule has 0 unspecified atom stereocenters. The van der Waals surface area contributed by atoms with Gasteiger partial charge in [0.15, 0.2) is 0 Å². The number of likely N-dealkylation sites (N-methyl/N-ethyl adjacent to an activating group) is 1. The lowest BCUT2D eigenvalue weighted by molar-refractivity contribution is 0.145. The van der Waals surface area contributed by atoms with Gasteiger partial charge in [0.25, 0.3) is 0 Å². The molecule has 1 heterocycles. The predicted molar refractivity (Wildman–Crippen MR) is 107 cm³/mol. The number of anilines is 1. The van der Waals surface area contributed by atoms with Crippen LogP contribution in [0.15, 0.2) is 54.6 Å². The van der Waals surface area contributed by atoms with Gasteiger partial charge in [0.05, 0.1) is 6.61 Å². The highest BCUT2D eigenvalue weighted by Gasteiger charge is 2.12. The van der Waals surface area contributed by atoms with Gasteiger partial charge in [-0.3, -0.25) is 0 Å². The molecule has 0 spiro atoms. The summed E-state index contributed by atoms with van der Waals surface area (Å²) in [5, 5.41) is 0. The van der Waals surface area contributed by atoms with Gasteiger partial charge in [-0.1, -0.05) is 30.3 Å². The van der Waals surface area contributed by atoms with Gasteiger partial charge < -0.3 is 20.0 Å². The third-order valence-corrected chi connectivity index (χ3v) is 4.68. The summed E-state index contributed by atoms with van der Waals surface area (Å²) in [7, 11) is 2.19. The third kappa shape index (κ3) is 6.33. The normalized spacial score (nSPS) is 15.7. The van der Waals surface area contributed by atoms with Crippen molar-refractivity contribution in [1.82, 2.24) is 15.2 Å². The molecule has 1 aliphatic heterocycles. The first-order chi connectivity index (χ1) is 12.8. The molecule has 5 nitrogen and oxygen atoms in total. The van der Waals surface area contributed by atoms with Crippen LogP contribution in [-0.2, 0) is 6.54 Å². The predicted octanol–water partition coefficient (Wildman–Crippen LogP) is 2.82. The van der Waals surface area contributed by atoms with Crippen molar-refractivity contribution in [3.8, 4) is 5.75 Å². The molecule has 5 heteroatoms. The van der Waals surface area contributed by atoms with Gasteiger partial charge in [-0.25, -0.2) is 5.43 Å². The topological polar surface area (TPSA) is 39.8 Å². The van der Waals surface area contributed by atoms with E-state index in [9.17, 15) is 0 Å². The van der Waals surface area contributed by atoms with E-state index in [1.165, 1.54) is 31.7 Å². The van der Waals surface area contributed by atoms with Crippen LogP contribution in [0, 0.1) is 0 Å². The zero-order valence-electron chi connectivity index (χ0n) is 15.7. The fraction of sp³-hybridized carbons (Fsp3) is 0.429. The fourth-order valence-electron chi connectivity index (χ4n) is 3.06. The van der Waals surface area contributed by atoms with Crippen LogP contribution >= 0.6 is 0 Å². The molecule has 0 aromatic heterocycles. The van der Waals surface area contributed by atoms with E-state index in [1.807, 2.05) is 36.4 Å². The number of nitrogens with one attached hydrogen (secondary N) is 2. The zero-order chi connectivity index (χ0) is 18.0. The van der Waals surface area contributed by atoms with Crippen LogP contribution in [0.1, 0.15) is 12.0 Å². The Morgan fingerprint density at radius 1 is 0.962 bits per heavy atom. The van der Waals surface area contributed by atoms with Gasteiger partial charge in [0.1, 0.15) is 5.75 Å². The van der Waals surface area contributed by atoms with Gasteiger partial charge in [0.2, 0.25) is 0 Å². The van der Waals surface area contributed by atoms with Crippen molar-refractivity contribution < 1.29 is 4.74 Å². The molecule has 2 N–H and O–H groups in total. The first-order valence-electron chi connectivity index (χ1n) is 9.46. The van der Waals surface area contributed by atoms with E-state index in [2.05, 4.69) is 45.9 Å². The summed E-state index contributed by atoms with van der Waals surface area (Å²) in [6, 6.07) is 18.4. The van der Waals surface area contributed by atoms with E-state index in [4.69, 9.17) is 4.74 Å². The molecular formula is C21H30N4O. The van der Waals surface area contributed by atoms with Crippen LogP contribution in [0.4, 0.5) is 5.69 Å². The smallest absolute Gasteiger partial charge is 0.119 e. The molecule has 26 heavy (non-hydrogen) atoms. The second-order valence-corrected chi connectivity index (χ2v) is 6.84. The van der Waals surface area contributed by atoms with Crippen LogP contribution in [0.5, 0.6) is 5.75 Å². The molecule has 2 aromatic rings. The molecule has 0 amide bonds. The molecular weight excluding hydrogens is 324 g/mol. The largest absolute Gasteiger partial charge is 0.494 e. The quantitative estimate of drug-likeness (QED) is 0.535. The van der Waals surface area contributed by atoms with Crippen LogP contribution in [0.25, 0.3) is 0 Å². The summed E-state index contributed by atoms with van der Waals surface area (Å²) >= 11 is 0. The van der Waals surface area contributed by atoms with E-state index in [1.54, 1.807) is 0 Å². The van der Waals surface area contributed by atoms with Crippen molar-refractivity contribution in [3.63, 3.8) is 0 Å². The van der Waals surface area contributed by atoms with Crippen molar-refractivity contribution in [2.45, 2.75) is 13.0 Å². The van der Waals surface area contributed by atoms with Crippen molar-refractivity contribution in [2.75, 3.05) is 51.8 Å². The van der Waals surface area contributed by atoms with Gasteiger partial charge in [-0.05, 0) is 43.3 Å². The third-order valence-electron chi connectivity index (χ3n) is 4.68. The number of hydrazine groups is 1. The highest BCUT2D eigenvalue weighted by atomic mass is 16.5. The van der Waals surface area contributed by atoms with Gasteiger partial charge in [-0.2, -0.15) is 0 Å². The number of rotatable bonds is 9. The maximum atomic E-state index is 5.94. The monoisotopic (exact) mass is 354 g/mol. The average Bonchev–Trinajstić information content (AvgIpc) is 2.68. The SMILES string of the molecule is CN1CCN(CCCOc2cccc(CNNc3ccccc3)c2)CC1. The molecule has 1 saturated heterocycles. The van der Waals surface area contributed by atoms with Crippen LogP contribution in [0.3, 0.4) is 0 Å². The lowest BCUT2D eigenvalue weighted by Gasteiger charge is -2.32. The van der Waals surface area contributed by atoms with Crippen molar-refractivity contribution in [1.29, 1.82) is 0 Å². The number of hydrogen-bond donors (Lipinski definition) is 2. The lowest BCUT2D eigenvalue weighted by atomic mass is 10.2. The van der Waals surface area contributed by atoms with E-state index >= 15 is 0 Å². The van der Waals surface area contributed by atoms with Crippen LogP contribution in [0.2, 0.25) is 0 Å². The lowest BCUT2D eigenvalue weighted by Crippen LogP contribution is -2.44. The Morgan fingerprint density at radius 3 is 2.58 bits per heavy atom. The Bertz CT molecular complexity index is 641. The van der Waals surface area contributed by atoms with E-state index < -0.39 is 0 Å². The standard InChI is InChI=1S/C21H30N4O/c1-24-12-14-25(15-13-24)11-6-16-26-21-10-5-7-19(17-21)18-22-23-20-8-3-2-4-9-20/h2-5,7-10,17,22-23H,6,11-16,18H2,1H3.